The molecule has 0 aromatic heterocycles. The van der Waals surface area contributed by atoms with Crippen molar-refractivity contribution < 1.29 is 53.4 Å². The molecule has 8 aliphatic rings. The second-order valence-electron chi connectivity index (χ2n) is 16.7. The van der Waals surface area contributed by atoms with E-state index in [1.165, 1.54) is 11.8 Å². The SMILES string of the molecule is CC(O)CCC(=O)OC[C@]12C[C@H]3O[C@]4(O)[C@@H](O[C@H](C)C[C@@]45NC(=O)CS5)O[C@@H]3C[C@@H]1CC[C@@H]1[C@@H]2CC[C@]2(C)[C@@H](C3=CC(=O)OC3)CC[C@]12O. The van der Waals surface area contributed by atoms with Gasteiger partial charge in [-0.25, -0.2) is 4.79 Å². The predicted octanol–water partition coefficient (Wildman–Crippen LogP) is 2.70. The number of nitrogens with one attached hydrogen (secondary N) is 1. The van der Waals surface area contributed by atoms with Crippen molar-refractivity contribution in [2.75, 3.05) is 19.0 Å². The molecule has 12 nitrogen and oxygen atoms in total. The standard InChI is InChI=1S/C36H51NO11S/c1-19(38)4-7-29(40)45-18-33-15-27-26(47-31-36(43,48-27)35(14-20(2)46-31)37-28(39)17-49-35)13-22(33)5-6-25-24(33)8-10-32(3)23(9-11-34(25,32)42)21-12-30(41)44-16-21/h12,19-20,22-27,31,38,42-43H,4-11,13-18H2,1-3H3,(H,37,39)/t19?,20-,22+,23-,24+,25-,26-,27-,31+,32-,33-,34+,35+,36-/m1/s1. The Labute approximate surface area is 291 Å². The maximum Gasteiger partial charge on any atom is 0.331 e. The van der Waals surface area contributed by atoms with Crippen molar-refractivity contribution in [3.8, 4) is 0 Å². The number of hydrogen-bond acceptors (Lipinski definition) is 12. The molecule has 14 atom stereocenters. The van der Waals surface area contributed by atoms with Gasteiger partial charge in [0.15, 0.2) is 0 Å². The van der Waals surface area contributed by atoms with Crippen LogP contribution in [0.4, 0.5) is 0 Å². The fourth-order valence-corrected chi connectivity index (χ4v) is 13.2. The van der Waals surface area contributed by atoms with Gasteiger partial charge < -0.3 is 44.3 Å². The molecule has 49 heavy (non-hydrogen) atoms. The van der Waals surface area contributed by atoms with Crippen LogP contribution in [-0.2, 0) is 38.1 Å². The van der Waals surface area contributed by atoms with E-state index >= 15 is 0 Å². The zero-order chi connectivity index (χ0) is 34.6. The van der Waals surface area contributed by atoms with Crippen LogP contribution in [0.25, 0.3) is 0 Å². The summed E-state index contributed by atoms with van der Waals surface area (Å²) in [6.45, 7) is 6.18. The van der Waals surface area contributed by atoms with E-state index in [1.54, 1.807) is 13.0 Å². The Bertz CT molecular complexity index is 1420. The fourth-order valence-electron chi connectivity index (χ4n) is 11.9. The van der Waals surface area contributed by atoms with Crippen LogP contribution in [0.2, 0.25) is 0 Å². The Morgan fingerprint density at radius 2 is 1.92 bits per heavy atom. The Balaban J connectivity index is 1.12. The Morgan fingerprint density at radius 1 is 1.10 bits per heavy atom. The van der Waals surface area contributed by atoms with Crippen molar-refractivity contribution in [1.29, 1.82) is 0 Å². The smallest absolute Gasteiger partial charge is 0.331 e. The summed E-state index contributed by atoms with van der Waals surface area (Å²) in [5.41, 5.74) is -0.989. The first kappa shape index (κ1) is 34.4. The minimum atomic E-state index is -1.93. The number of aliphatic hydroxyl groups excluding tert-OH is 1. The minimum Gasteiger partial charge on any atom is -0.465 e. The van der Waals surface area contributed by atoms with E-state index in [-0.39, 0.29) is 79.1 Å². The third kappa shape index (κ3) is 5.10. The normalized spacial score (nSPS) is 50.6. The third-order valence-electron chi connectivity index (χ3n) is 14.2. The zero-order valence-electron chi connectivity index (χ0n) is 28.7. The molecule has 4 N–H and O–H groups in total. The number of rotatable bonds is 6. The topological polar surface area (TPSA) is 170 Å². The second kappa shape index (κ2) is 11.9. The summed E-state index contributed by atoms with van der Waals surface area (Å²) in [6, 6.07) is 0. The van der Waals surface area contributed by atoms with E-state index in [0.717, 1.165) is 37.7 Å². The zero-order valence-corrected chi connectivity index (χ0v) is 29.5. The van der Waals surface area contributed by atoms with Gasteiger partial charge in [0.25, 0.3) is 5.79 Å². The van der Waals surface area contributed by atoms with Crippen molar-refractivity contribution in [3.05, 3.63) is 11.6 Å². The molecular formula is C36H51NO11S. The first-order valence-electron chi connectivity index (χ1n) is 18.3. The number of esters is 2. The molecule has 0 aromatic rings. The molecular weight excluding hydrogens is 654 g/mol. The number of ether oxygens (including phenoxy) is 5. The number of cyclic esters (lactones) is 1. The number of fused-ring (bicyclic) bond motifs is 8. The monoisotopic (exact) mass is 705 g/mol. The highest BCUT2D eigenvalue weighted by Gasteiger charge is 2.73. The van der Waals surface area contributed by atoms with E-state index in [0.29, 0.717) is 32.1 Å². The summed E-state index contributed by atoms with van der Waals surface area (Å²) in [6.07, 6.45) is 5.18. The molecule has 4 aliphatic heterocycles. The number of thioether (sulfide) groups is 1. The van der Waals surface area contributed by atoms with E-state index in [4.69, 9.17) is 23.7 Å². The Morgan fingerprint density at radius 3 is 2.63 bits per heavy atom. The average Bonchev–Trinajstić information content (AvgIpc) is 3.72. The summed E-state index contributed by atoms with van der Waals surface area (Å²) in [5.74, 6) is -2.46. The van der Waals surface area contributed by atoms with E-state index in [1.807, 2.05) is 6.92 Å². The number of hydrogen-bond donors (Lipinski definition) is 4. The number of aliphatic hydroxyl groups is 3. The van der Waals surface area contributed by atoms with Gasteiger partial charge >= 0.3 is 11.9 Å². The van der Waals surface area contributed by atoms with Crippen LogP contribution in [0.5, 0.6) is 0 Å². The fraction of sp³-hybridized carbons (Fsp3) is 0.861. The second-order valence-corrected chi connectivity index (χ2v) is 18.0. The van der Waals surface area contributed by atoms with Gasteiger partial charge in [0.05, 0.1) is 42.4 Å². The van der Waals surface area contributed by atoms with E-state index in [9.17, 15) is 29.7 Å². The van der Waals surface area contributed by atoms with Crippen LogP contribution in [0, 0.1) is 34.5 Å². The molecule has 4 aliphatic carbocycles. The quantitative estimate of drug-likeness (QED) is 0.236. The molecule has 3 saturated heterocycles. The third-order valence-corrected chi connectivity index (χ3v) is 15.6. The van der Waals surface area contributed by atoms with Crippen LogP contribution in [0.3, 0.4) is 0 Å². The average molecular weight is 706 g/mol. The van der Waals surface area contributed by atoms with Gasteiger partial charge in [-0.3, -0.25) is 9.59 Å². The number of carbonyl (C=O) groups excluding carboxylic acids is 3. The molecule has 8 rings (SSSR count). The highest BCUT2D eigenvalue weighted by molar-refractivity contribution is 8.01. The Kier molecular flexibility index (Phi) is 8.34. The molecule has 1 unspecified atom stereocenters. The molecule has 4 saturated carbocycles. The maximum atomic E-state index is 13.1. The largest absolute Gasteiger partial charge is 0.465 e. The maximum absolute atomic E-state index is 13.1. The number of carbonyl (C=O) groups is 3. The van der Waals surface area contributed by atoms with Gasteiger partial charge in [-0.05, 0) is 101 Å². The van der Waals surface area contributed by atoms with Gasteiger partial charge in [0.1, 0.15) is 11.5 Å². The molecule has 7 fully saturated rings. The van der Waals surface area contributed by atoms with Gasteiger partial charge in [-0.15, -0.1) is 11.8 Å². The lowest BCUT2D eigenvalue weighted by Gasteiger charge is -2.66. The molecule has 272 valence electrons. The van der Waals surface area contributed by atoms with Gasteiger partial charge in [0, 0.05) is 29.7 Å². The molecule has 1 amide bonds. The molecule has 13 heteroatoms. The Hall–Kier alpha value is -1.74. The van der Waals surface area contributed by atoms with E-state index < -0.39 is 45.6 Å². The van der Waals surface area contributed by atoms with Gasteiger partial charge in [-0.2, -0.15) is 0 Å². The molecule has 4 heterocycles. The minimum absolute atomic E-state index is 0.0112. The van der Waals surface area contributed by atoms with Crippen LogP contribution in [-0.4, -0.2) is 99.1 Å². The highest BCUT2D eigenvalue weighted by atomic mass is 32.2. The van der Waals surface area contributed by atoms with Crippen LogP contribution >= 0.6 is 11.8 Å². The molecule has 1 spiro atoms. The molecule has 0 aromatic carbocycles. The summed E-state index contributed by atoms with van der Waals surface area (Å²) in [7, 11) is 0. The van der Waals surface area contributed by atoms with Gasteiger partial charge in [0.2, 0.25) is 12.2 Å². The van der Waals surface area contributed by atoms with Gasteiger partial charge in [-0.1, -0.05) is 6.92 Å². The summed E-state index contributed by atoms with van der Waals surface area (Å²) >= 11 is 1.33. The summed E-state index contributed by atoms with van der Waals surface area (Å²) in [5, 5.41) is 38.0. The summed E-state index contributed by atoms with van der Waals surface area (Å²) in [4.78, 5) is 36.6. The lowest BCUT2D eigenvalue weighted by Crippen LogP contribution is -2.76. The first-order valence-corrected chi connectivity index (χ1v) is 19.3. The highest BCUT2D eigenvalue weighted by Crippen LogP contribution is 2.71. The summed E-state index contributed by atoms with van der Waals surface area (Å²) < 4.78 is 30.9. The molecule has 0 bridgehead atoms. The van der Waals surface area contributed by atoms with Crippen molar-refractivity contribution in [2.24, 2.45) is 34.5 Å². The van der Waals surface area contributed by atoms with Crippen molar-refractivity contribution in [1.82, 2.24) is 5.32 Å². The lowest BCUT2D eigenvalue weighted by atomic mass is 9.42. The predicted molar refractivity (Wildman–Crippen MR) is 174 cm³/mol. The van der Waals surface area contributed by atoms with Crippen molar-refractivity contribution in [3.63, 3.8) is 0 Å². The number of amides is 1. The lowest BCUT2D eigenvalue weighted by molar-refractivity contribution is -0.449. The van der Waals surface area contributed by atoms with E-state index in [2.05, 4.69) is 12.2 Å². The van der Waals surface area contributed by atoms with Crippen LogP contribution in [0.1, 0.15) is 91.4 Å². The first-order chi connectivity index (χ1) is 23.2. The molecule has 0 radical (unpaired) electrons. The van der Waals surface area contributed by atoms with Crippen LogP contribution < -0.4 is 5.32 Å². The van der Waals surface area contributed by atoms with Crippen molar-refractivity contribution in [2.45, 2.75) is 138 Å². The van der Waals surface area contributed by atoms with Crippen molar-refractivity contribution >= 4 is 29.6 Å². The van der Waals surface area contributed by atoms with Crippen LogP contribution in [0.15, 0.2) is 11.6 Å².